The zero-order chi connectivity index (χ0) is 21.7. The molecule has 0 N–H and O–H groups in total. The number of rotatable bonds is 3. The fourth-order valence-corrected chi connectivity index (χ4v) is 4.31. The molecule has 0 saturated carbocycles. The Morgan fingerprint density at radius 3 is 1.56 bits per heavy atom. The number of hydrogen-bond donors (Lipinski definition) is 0. The molecule has 154 valence electrons. The van der Waals surface area contributed by atoms with Gasteiger partial charge in [-0.3, -0.25) is 4.98 Å². The topological polar surface area (TPSA) is 61.4 Å². The SMILES string of the molecule is Cc1nn(-c2ccccc2)c2nc3c(c(C)nn3-c3ccccc3)c(-c3ccccn3)c12. The van der Waals surface area contributed by atoms with Gasteiger partial charge in [0.15, 0.2) is 11.3 Å². The minimum atomic E-state index is 0.791. The van der Waals surface area contributed by atoms with Gasteiger partial charge in [0, 0.05) is 11.8 Å². The quantitative estimate of drug-likeness (QED) is 0.385. The van der Waals surface area contributed by atoms with Crippen molar-refractivity contribution in [3.05, 3.63) is 96.4 Å². The molecule has 6 rings (SSSR count). The Kier molecular flexibility index (Phi) is 4.11. The van der Waals surface area contributed by atoms with Crippen LogP contribution in [0.15, 0.2) is 85.1 Å². The number of fused-ring (bicyclic) bond motifs is 2. The number of pyridine rings is 2. The van der Waals surface area contributed by atoms with E-state index in [0.29, 0.717) is 0 Å². The molecule has 0 unspecified atom stereocenters. The second-order valence-electron chi connectivity index (χ2n) is 7.76. The molecule has 4 aromatic heterocycles. The summed E-state index contributed by atoms with van der Waals surface area (Å²) in [7, 11) is 0. The molecule has 0 bridgehead atoms. The normalized spacial score (nSPS) is 11.4. The van der Waals surface area contributed by atoms with Gasteiger partial charge in [-0.05, 0) is 50.2 Å². The number of nitrogens with zero attached hydrogens (tertiary/aromatic N) is 6. The Balaban J connectivity index is 1.80. The summed E-state index contributed by atoms with van der Waals surface area (Å²) in [6, 6.07) is 26.2. The molecule has 4 heterocycles. The molecule has 0 spiro atoms. The van der Waals surface area contributed by atoms with Gasteiger partial charge in [0.1, 0.15) is 0 Å². The molecule has 0 aliphatic heterocycles. The summed E-state index contributed by atoms with van der Waals surface area (Å²) < 4.78 is 3.82. The van der Waals surface area contributed by atoms with E-state index in [1.54, 1.807) is 0 Å². The van der Waals surface area contributed by atoms with Crippen molar-refractivity contribution in [1.29, 1.82) is 0 Å². The van der Waals surface area contributed by atoms with Crippen LogP contribution in [0.2, 0.25) is 0 Å². The van der Waals surface area contributed by atoms with E-state index in [4.69, 9.17) is 20.2 Å². The van der Waals surface area contributed by atoms with E-state index >= 15 is 0 Å². The van der Waals surface area contributed by atoms with E-state index < -0.39 is 0 Å². The number of aromatic nitrogens is 6. The zero-order valence-corrected chi connectivity index (χ0v) is 17.8. The van der Waals surface area contributed by atoms with E-state index in [0.717, 1.165) is 56.1 Å². The molecular weight excluding hydrogens is 396 g/mol. The number of benzene rings is 2. The van der Waals surface area contributed by atoms with Crippen LogP contribution in [0.4, 0.5) is 0 Å². The van der Waals surface area contributed by atoms with Crippen molar-refractivity contribution in [2.24, 2.45) is 0 Å². The largest absolute Gasteiger partial charge is 0.256 e. The fourth-order valence-electron chi connectivity index (χ4n) is 4.31. The average molecular weight is 416 g/mol. The lowest BCUT2D eigenvalue weighted by atomic mass is 10.0. The zero-order valence-electron chi connectivity index (χ0n) is 17.8. The van der Waals surface area contributed by atoms with Crippen LogP contribution >= 0.6 is 0 Å². The maximum absolute atomic E-state index is 5.13. The average Bonchev–Trinajstić information content (AvgIpc) is 3.36. The summed E-state index contributed by atoms with van der Waals surface area (Å²) in [6.07, 6.45) is 1.82. The summed E-state index contributed by atoms with van der Waals surface area (Å²) >= 11 is 0. The number of hydrogen-bond acceptors (Lipinski definition) is 4. The van der Waals surface area contributed by atoms with E-state index in [1.807, 2.05) is 108 Å². The van der Waals surface area contributed by atoms with Gasteiger partial charge >= 0.3 is 0 Å². The number of para-hydroxylation sites is 2. The molecule has 6 nitrogen and oxygen atoms in total. The first kappa shape index (κ1) is 18.4. The lowest BCUT2D eigenvalue weighted by Gasteiger charge is -2.09. The van der Waals surface area contributed by atoms with Crippen molar-refractivity contribution in [2.75, 3.05) is 0 Å². The Morgan fingerprint density at radius 2 is 1.09 bits per heavy atom. The van der Waals surface area contributed by atoms with Gasteiger partial charge in [-0.1, -0.05) is 42.5 Å². The predicted octanol–water partition coefficient (Wildman–Crippen LogP) is 5.44. The lowest BCUT2D eigenvalue weighted by Crippen LogP contribution is -2.01. The summed E-state index contributed by atoms with van der Waals surface area (Å²) in [4.78, 5) is 9.82. The molecule has 6 heteroatoms. The van der Waals surface area contributed by atoms with Gasteiger partial charge in [0.05, 0.1) is 39.2 Å². The molecule has 0 atom stereocenters. The second kappa shape index (κ2) is 7.13. The minimum Gasteiger partial charge on any atom is -0.256 e. The highest BCUT2D eigenvalue weighted by atomic mass is 15.3. The van der Waals surface area contributed by atoms with Crippen LogP contribution < -0.4 is 0 Å². The summed E-state index contributed by atoms with van der Waals surface area (Å²) in [5, 5.41) is 11.7. The Hall–Kier alpha value is -4.32. The van der Waals surface area contributed by atoms with E-state index in [2.05, 4.69) is 0 Å². The van der Waals surface area contributed by atoms with Crippen LogP contribution in [-0.4, -0.2) is 29.5 Å². The van der Waals surface area contributed by atoms with Gasteiger partial charge in [-0.15, -0.1) is 0 Å². The van der Waals surface area contributed by atoms with Crippen molar-refractivity contribution >= 4 is 22.1 Å². The van der Waals surface area contributed by atoms with Crippen LogP contribution in [-0.2, 0) is 0 Å². The molecule has 0 aliphatic carbocycles. The first-order valence-electron chi connectivity index (χ1n) is 10.5. The smallest absolute Gasteiger partial charge is 0.166 e. The maximum Gasteiger partial charge on any atom is 0.166 e. The molecule has 0 aliphatic rings. The van der Waals surface area contributed by atoms with E-state index in [9.17, 15) is 0 Å². The lowest BCUT2D eigenvalue weighted by molar-refractivity contribution is 0.863. The predicted molar refractivity (Wildman–Crippen MR) is 126 cm³/mol. The molecule has 0 saturated heterocycles. The van der Waals surface area contributed by atoms with Crippen LogP contribution in [0.5, 0.6) is 0 Å². The second-order valence-corrected chi connectivity index (χ2v) is 7.76. The van der Waals surface area contributed by atoms with Gasteiger partial charge in [0.25, 0.3) is 0 Å². The van der Waals surface area contributed by atoms with Crippen LogP contribution in [0.1, 0.15) is 11.4 Å². The third kappa shape index (κ3) is 2.73. The molecular formula is C26H20N6. The van der Waals surface area contributed by atoms with Crippen molar-refractivity contribution in [3.8, 4) is 22.6 Å². The third-order valence-corrected chi connectivity index (χ3v) is 5.71. The van der Waals surface area contributed by atoms with Crippen molar-refractivity contribution in [2.45, 2.75) is 13.8 Å². The fraction of sp³-hybridized carbons (Fsp3) is 0.0769. The maximum atomic E-state index is 5.13. The van der Waals surface area contributed by atoms with Gasteiger partial charge in [-0.25, -0.2) is 14.3 Å². The van der Waals surface area contributed by atoms with Crippen LogP contribution in [0, 0.1) is 13.8 Å². The van der Waals surface area contributed by atoms with Crippen LogP contribution in [0.25, 0.3) is 44.7 Å². The third-order valence-electron chi connectivity index (χ3n) is 5.71. The molecule has 6 aromatic rings. The molecule has 2 aromatic carbocycles. The number of aryl methyl sites for hydroxylation is 2. The van der Waals surface area contributed by atoms with Crippen LogP contribution in [0.3, 0.4) is 0 Å². The van der Waals surface area contributed by atoms with Crippen molar-refractivity contribution < 1.29 is 0 Å². The highest BCUT2D eigenvalue weighted by Crippen LogP contribution is 2.38. The Labute approximate surface area is 184 Å². The standard InChI is InChI=1S/C26H20N6/c1-17-22-24(21-15-9-10-16-27-21)23-18(2)30-32(20-13-7-4-8-14-20)26(23)28-25(22)31(29-17)19-11-5-3-6-12-19/h3-16H,1-2H3. The van der Waals surface area contributed by atoms with E-state index in [-0.39, 0.29) is 0 Å². The molecule has 0 radical (unpaired) electrons. The van der Waals surface area contributed by atoms with Crippen molar-refractivity contribution in [3.63, 3.8) is 0 Å². The van der Waals surface area contributed by atoms with E-state index in [1.165, 1.54) is 0 Å². The van der Waals surface area contributed by atoms with Gasteiger partial charge < -0.3 is 0 Å². The molecule has 32 heavy (non-hydrogen) atoms. The highest BCUT2D eigenvalue weighted by Gasteiger charge is 2.24. The minimum absolute atomic E-state index is 0.791. The molecule has 0 amide bonds. The van der Waals surface area contributed by atoms with Gasteiger partial charge in [0.2, 0.25) is 0 Å². The summed E-state index contributed by atoms with van der Waals surface area (Å²) in [6.45, 7) is 4.05. The van der Waals surface area contributed by atoms with Gasteiger partial charge in [-0.2, -0.15) is 10.2 Å². The first-order chi connectivity index (χ1) is 15.7. The highest BCUT2D eigenvalue weighted by molar-refractivity contribution is 6.09. The summed E-state index contributed by atoms with van der Waals surface area (Å²) in [5.74, 6) is 0. The Morgan fingerprint density at radius 1 is 0.594 bits per heavy atom. The van der Waals surface area contributed by atoms with Crippen molar-refractivity contribution in [1.82, 2.24) is 29.5 Å². The Bertz CT molecular complexity index is 1470. The molecule has 0 fully saturated rings. The summed E-state index contributed by atoms with van der Waals surface area (Å²) in [5.41, 5.74) is 7.23. The first-order valence-corrected chi connectivity index (χ1v) is 10.5. The monoisotopic (exact) mass is 416 g/mol.